The molecule has 0 aliphatic rings. The number of ether oxygens (including phenoxy) is 1. The zero-order valence-electron chi connectivity index (χ0n) is 21.2. The van der Waals surface area contributed by atoms with Gasteiger partial charge in [0.05, 0.1) is 4.90 Å². The van der Waals surface area contributed by atoms with Gasteiger partial charge in [-0.05, 0) is 35.9 Å². The van der Waals surface area contributed by atoms with Crippen molar-refractivity contribution in [2.45, 2.75) is 17.9 Å². The number of rotatable bonds is 8. The van der Waals surface area contributed by atoms with Crippen LogP contribution in [-0.4, -0.2) is 30.7 Å². The van der Waals surface area contributed by atoms with E-state index in [0.717, 1.165) is 5.56 Å². The molecule has 9 heteroatoms. The SMILES string of the molecule is Cc1nc(-c2cccc(NC(=O)C(Oc3ccc(-c4ccccc4S(C)(=O)=O)cc3)c3ccccc3)c2)no1. The molecule has 0 radical (unpaired) electrons. The minimum Gasteiger partial charge on any atom is -0.476 e. The molecular weight excluding hydrogens is 514 g/mol. The maximum absolute atomic E-state index is 13.5. The Morgan fingerprint density at radius 1 is 0.872 bits per heavy atom. The van der Waals surface area contributed by atoms with Crippen LogP contribution in [0.25, 0.3) is 22.5 Å². The van der Waals surface area contributed by atoms with Gasteiger partial charge in [-0.2, -0.15) is 4.98 Å². The fourth-order valence-electron chi connectivity index (χ4n) is 4.14. The summed E-state index contributed by atoms with van der Waals surface area (Å²) < 4.78 is 35.7. The van der Waals surface area contributed by atoms with Crippen molar-refractivity contribution in [2.75, 3.05) is 11.6 Å². The van der Waals surface area contributed by atoms with Crippen molar-refractivity contribution in [1.29, 1.82) is 0 Å². The summed E-state index contributed by atoms with van der Waals surface area (Å²) in [4.78, 5) is 17.9. The number of hydrogen-bond acceptors (Lipinski definition) is 7. The second-order valence-corrected chi connectivity index (χ2v) is 10.9. The van der Waals surface area contributed by atoms with E-state index in [0.29, 0.717) is 39.8 Å². The summed E-state index contributed by atoms with van der Waals surface area (Å²) in [5, 5.41) is 6.86. The average Bonchev–Trinajstić information content (AvgIpc) is 3.38. The van der Waals surface area contributed by atoms with Crippen LogP contribution in [0.4, 0.5) is 5.69 Å². The maximum atomic E-state index is 13.5. The first-order valence-corrected chi connectivity index (χ1v) is 14.0. The lowest BCUT2D eigenvalue weighted by Crippen LogP contribution is -2.25. The molecule has 1 amide bonds. The van der Waals surface area contributed by atoms with E-state index in [2.05, 4.69) is 15.5 Å². The Kier molecular flexibility index (Phi) is 7.25. The van der Waals surface area contributed by atoms with Gasteiger partial charge in [0, 0.05) is 35.6 Å². The van der Waals surface area contributed by atoms with Crippen LogP contribution in [0.2, 0.25) is 0 Å². The normalized spacial score (nSPS) is 12.1. The van der Waals surface area contributed by atoms with Gasteiger partial charge >= 0.3 is 0 Å². The van der Waals surface area contributed by atoms with Gasteiger partial charge in [0.1, 0.15) is 5.75 Å². The summed E-state index contributed by atoms with van der Waals surface area (Å²) in [5.41, 5.74) is 3.24. The number of sulfone groups is 1. The van der Waals surface area contributed by atoms with Gasteiger partial charge in [0.15, 0.2) is 9.84 Å². The smallest absolute Gasteiger partial charge is 0.270 e. The van der Waals surface area contributed by atoms with Crippen LogP contribution >= 0.6 is 0 Å². The Bertz CT molecular complexity index is 1720. The molecule has 0 fully saturated rings. The maximum Gasteiger partial charge on any atom is 0.270 e. The Balaban J connectivity index is 1.40. The van der Waals surface area contributed by atoms with Crippen molar-refractivity contribution in [1.82, 2.24) is 10.1 Å². The third-order valence-corrected chi connectivity index (χ3v) is 7.12. The molecule has 0 spiro atoms. The fraction of sp³-hybridized carbons (Fsp3) is 0.100. The molecule has 8 nitrogen and oxygen atoms in total. The molecule has 0 saturated carbocycles. The molecule has 0 aliphatic heterocycles. The van der Waals surface area contributed by atoms with Crippen LogP contribution in [0, 0.1) is 6.92 Å². The summed E-state index contributed by atoms with van der Waals surface area (Å²) in [5.74, 6) is 0.963. The molecule has 1 atom stereocenters. The summed E-state index contributed by atoms with van der Waals surface area (Å²) in [6.45, 7) is 1.71. The predicted octanol–water partition coefficient (Wildman–Crippen LogP) is 5.87. The Labute approximate surface area is 226 Å². The second kappa shape index (κ2) is 10.9. The van der Waals surface area contributed by atoms with Crippen LogP contribution in [0.15, 0.2) is 113 Å². The molecule has 0 saturated heterocycles. The fourth-order valence-corrected chi connectivity index (χ4v) is 5.05. The number of aryl methyl sites for hydroxylation is 1. The van der Waals surface area contributed by atoms with E-state index >= 15 is 0 Å². The summed E-state index contributed by atoms with van der Waals surface area (Å²) >= 11 is 0. The predicted molar refractivity (Wildman–Crippen MR) is 148 cm³/mol. The van der Waals surface area contributed by atoms with E-state index < -0.39 is 15.9 Å². The second-order valence-electron chi connectivity index (χ2n) is 8.91. The third-order valence-electron chi connectivity index (χ3n) is 5.96. The number of nitrogens with zero attached hydrogens (tertiary/aromatic N) is 2. The largest absolute Gasteiger partial charge is 0.476 e. The number of nitrogens with one attached hydrogen (secondary N) is 1. The summed E-state index contributed by atoms with van der Waals surface area (Å²) in [6.07, 6.45) is 0.238. The van der Waals surface area contributed by atoms with Crippen LogP contribution < -0.4 is 10.1 Å². The van der Waals surface area contributed by atoms with Crippen LogP contribution in [0.1, 0.15) is 17.6 Å². The zero-order chi connectivity index (χ0) is 27.4. The number of benzene rings is 4. The molecule has 1 aromatic heterocycles. The number of aromatic nitrogens is 2. The van der Waals surface area contributed by atoms with Crippen molar-refractivity contribution < 1.29 is 22.5 Å². The topological polar surface area (TPSA) is 111 Å². The molecule has 1 unspecified atom stereocenters. The highest BCUT2D eigenvalue weighted by Crippen LogP contribution is 2.31. The standard InChI is InChI=1S/C30H25N3O5S/c1-20-31-29(33-38-20)23-11-8-12-24(19-23)32-30(34)28(22-9-4-3-5-10-22)37-25-17-15-21(16-18-25)26-13-6-7-14-27(26)39(2,35)36/h3-19,28H,1-2H3,(H,32,34). The number of hydrogen-bond donors (Lipinski definition) is 1. The van der Waals surface area contributed by atoms with Crippen LogP contribution in [-0.2, 0) is 14.6 Å². The van der Waals surface area contributed by atoms with Crippen molar-refractivity contribution in [3.05, 3.63) is 115 Å². The molecule has 4 aromatic carbocycles. The molecule has 0 bridgehead atoms. The van der Waals surface area contributed by atoms with E-state index in [9.17, 15) is 13.2 Å². The van der Waals surface area contributed by atoms with Gasteiger partial charge in [-0.3, -0.25) is 4.79 Å². The Morgan fingerprint density at radius 2 is 1.59 bits per heavy atom. The van der Waals surface area contributed by atoms with E-state index in [1.807, 2.05) is 36.4 Å². The van der Waals surface area contributed by atoms with E-state index in [4.69, 9.17) is 9.26 Å². The highest BCUT2D eigenvalue weighted by molar-refractivity contribution is 7.90. The van der Waals surface area contributed by atoms with Gasteiger partial charge in [-0.25, -0.2) is 8.42 Å². The molecule has 5 rings (SSSR count). The molecular formula is C30H25N3O5S. The first-order chi connectivity index (χ1) is 18.8. The van der Waals surface area contributed by atoms with Crippen LogP contribution in [0.3, 0.4) is 0 Å². The van der Waals surface area contributed by atoms with E-state index in [1.54, 1.807) is 73.7 Å². The van der Waals surface area contributed by atoms with Crippen molar-refractivity contribution in [3.63, 3.8) is 0 Å². The minimum atomic E-state index is -3.40. The van der Waals surface area contributed by atoms with Crippen molar-refractivity contribution >= 4 is 21.4 Å². The molecule has 5 aromatic rings. The van der Waals surface area contributed by atoms with Gasteiger partial charge in [0.2, 0.25) is 17.8 Å². The Hall–Kier alpha value is -4.76. The zero-order valence-corrected chi connectivity index (χ0v) is 22.1. The highest BCUT2D eigenvalue weighted by atomic mass is 32.2. The lowest BCUT2D eigenvalue weighted by atomic mass is 10.1. The number of carbonyl (C=O) groups is 1. The molecule has 1 N–H and O–H groups in total. The average molecular weight is 540 g/mol. The Morgan fingerprint density at radius 3 is 2.28 bits per heavy atom. The van der Waals surface area contributed by atoms with Gasteiger partial charge in [-0.1, -0.05) is 78.0 Å². The number of anilines is 1. The molecule has 39 heavy (non-hydrogen) atoms. The first kappa shape index (κ1) is 25.9. The summed E-state index contributed by atoms with van der Waals surface area (Å²) in [6, 6.07) is 30.1. The minimum absolute atomic E-state index is 0.249. The van der Waals surface area contributed by atoms with Gasteiger partial charge < -0.3 is 14.6 Å². The first-order valence-electron chi connectivity index (χ1n) is 12.1. The highest BCUT2D eigenvalue weighted by Gasteiger charge is 2.23. The molecule has 1 heterocycles. The van der Waals surface area contributed by atoms with Crippen molar-refractivity contribution in [3.8, 4) is 28.3 Å². The third kappa shape index (κ3) is 6.05. The van der Waals surface area contributed by atoms with Gasteiger partial charge in [-0.15, -0.1) is 0 Å². The monoisotopic (exact) mass is 539 g/mol. The van der Waals surface area contributed by atoms with E-state index in [1.165, 1.54) is 6.26 Å². The van der Waals surface area contributed by atoms with Gasteiger partial charge in [0.25, 0.3) is 5.91 Å². The molecule has 196 valence electrons. The van der Waals surface area contributed by atoms with E-state index in [-0.39, 0.29) is 10.8 Å². The number of amides is 1. The lowest BCUT2D eigenvalue weighted by molar-refractivity contribution is -0.123. The van der Waals surface area contributed by atoms with Crippen LogP contribution in [0.5, 0.6) is 5.75 Å². The quantitative estimate of drug-likeness (QED) is 0.262. The van der Waals surface area contributed by atoms with Crippen molar-refractivity contribution in [2.24, 2.45) is 0 Å². The molecule has 0 aliphatic carbocycles. The number of carbonyl (C=O) groups excluding carboxylic acids is 1. The summed E-state index contributed by atoms with van der Waals surface area (Å²) in [7, 11) is -3.40. The lowest BCUT2D eigenvalue weighted by Gasteiger charge is -2.20.